The van der Waals surface area contributed by atoms with E-state index in [1.807, 2.05) is 0 Å². The molecule has 56 heavy (non-hydrogen) atoms. The quantitative estimate of drug-likeness (QED) is 0.176. The first kappa shape index (κ1) is 32.8. The number of hydrogen-bond acceptors (Lipinski definition) is 1. The minimum Gasteiger partial charge on any atom is -0.310 e. The maximum atomic E-state index is 2.50. The molecule has 2 heteroatoms. The Morgan fingerprint density at radius 3 is 1.61 bits per heavy atom. The molecular weight excluding hydrogens is 677 g/mol. The van der Waals surface area contributed by atoms with Crippen molar-refractivity contribution in [2.75, 3.05) is 4.90 Å². The van der Waals surface area contributed by atoms with Gasteiger partial charge in [-0.25, -0.2) is 0 Å². The van der Waals surface area contributed by atoms with Crippen molar-refractivity contribution in [3.8, 4) is 39.1 Å². The Bertz CT molecular complexity index is 3020. The molecule has 1 aromatic heterocycles. The van der Waals surface area contributed by atoms with Crippen molar-refractivity contribution in [1.29, 1.82) is 0 Å². The Hall–Kier alpha value is -6.64. The summed E-state index contributed by atoms with van der Waals surface area (Å²) >= 11 is 0. The van der Waals surface area contributed by atoms with Crippen LogP contribution >= 0.6 is 0 Å². The fourth-order valence-corrected chi connectivity index (χ4v) is 9.86. The average molecular weight is 719 g/mol. The summed E-state index contributed by atoms with van der Waals surface area (Å²) in [6.45, 7) is 9.50. The Morgan fingerprint density at radius 1 is 0.339 bits per heavy atom. The molecule has 0 saturated heterocycles. The summed E-state index contributed by atoms with van der Waals surface area (Å²) in [4.78, 5) is 2.50. The zero-order valence-electron chi connectivity index (χ0n) is 32.2. The maximum absolute atomic E-state index is 2.50. The summed E-state index contributed by atoms with van der Waals surface area (Å²) in [6.07, 6.45) is 0. The fourth-order valence-electron chi connectivity index (χ4n) is 9.86. The van der Waals surface area contributed by atoms with Crippen LogP contribution in [-0.2, 0) is 10.8 Å². The summed E-state index contributed by atoms with van der Waals surface area (Å²) in [5.41, 5.74) is 20.0. The number of para-hydroxylation sites is 2. The number of fused-ring (bicyclic) bond motifs is 8. The molecule has 9 aromatic rings. The van der Waals surface area contributed by atoms with Crippen molar-refractivity contribution >= 4 is 38.9 Å². The molecule has 1 aliphatic carbocycles. The van der Waals surface area contributed by atoms with E-state index in [-0.39, 0.29) is 10.8 Å². The zero-order valence-corrected chi connectivity index (χ0v) is 32.2. The standard InChI is InChI=1S/C54H42N2/c1-53(2)45-20-12-11-19-41(45)42-27-26-40(34-47(42)53)56-51-22-14-13-21-46(51)54(3,4)48-33-38(25-30-52(48)56)37-24-29-50-44(32-37)43-31-36(35-15-7-5-8-16-35)23-28-49(43)55(50)39-17-9-6-10-18-39/h5-34H,1-4H3. The number of hydrogen-bond donors (Lipinski definition) is 0. The van der Waals surface area contributed by atoms with Crippen LogP contribution in [0.3, 0.4) is 0 Å². The molecule has 11 rings (SSSR count). The second-order valence-electron chi connectivity index (χ2n) is 16.6. The van der Waals surface area contributed by atoms with E-state index in [0.717, 1.165) is 0 Å². The summed E-state index contributed by atoms with van der Waals surface area (Å²) in [7, 11) is 0. The van der Waals surface area contributed by atoms with Crippen LogP contribution in [0.2, 0.25) is 0 Å². The molecule has 0 unspecified atom stereocenters. The Labute approximate surface area is 328 Å². The van der Waals surface area contributed by atoms with Crippen molar-refractivity contribution in [2.24, 2.45) is 0 Å². The Kier molecular flexibility index (Phi) is 6.98. The van der Waals surface area contributed by atoms with E-state index in [0.29, 0.717) is 0 Å². The van der Waals surface area contributed by atoms with E-state index in [4.69, 9.17) is 0 Å². The van der Waals surface area contributed by atoms with E-state index >= 15 is 0 Å². The van der Waals surface area contributed by atoms with Crippen molar-refractivity contribution < 1.29 is 0 Å². The minimum atomic E-state index is -0.206. The first-order valence-corrected chi connectivity index (χ1v) is 19.8. The molecule has 268 valence electrons. The number of aromatic nitrogens is 1. The third-order valence-corrected chi connectivity index (χ3v) is 12.8. The smallest absolute Gasteiger partial charge is 0.0541 e. The fraction of sp³-hybridized carbons (Fsp3) is 0.111. The van der Waals surface area contributed by atoms with Crippen LogP contribution in [0.25, 0.3) is 60.9 Å². The van der Waals surface area contributed by atoms with Gasteiger partial charge in [0.1, 0.15) is 0 Å². The predicted octanol–water partition coefficient (Wildman–Crippen LogP) is 14.5. The lowest BCUT2D eigenvalue weighted by molar-refractivity contribution is 0.632. The molecule has 2 nitrogen and oxygen atoms in total. The summed E-state index contributed by atoms with van der Waals surface area (Å²) in [5.74, 6) is 0. The number of rotatable bonds is 4. The molecule has 8 aromatic carbocycles. The van der Waals surface area contributed by atoms with Gasteiger partial charge in [0.05, 0.1) is 22.4 Å². The zero-order chi connectivity index (χ0) is 37.8. The van der Waals surface area contributed by atoms with Crippen LogP contribution in [0.1, 0.15) is 49.9 Å². The van der Waals surface area contributed by atoms with Crippen LogP contribution in [0, 0.1) is 0 Å². The van der Waals surface area contributed by atoms with E-state index in [1.165, 1.54) is 100 Å². The van der Waals surface area contributed by atoms with Gasteiger partial charge in [-0.05, 0) is 122 Å². The van der Waals surface area contributed by atoms with Crippen molar-refractivity contribution in [3.05, 3.63) is 204 Å². The third-order valence-electron chi connectivity index (χ3n) is 12.8. The summed E-state index contributed by atoms with van der Waals surface area (Å²) in [5, 5.41) is 2.51. The summed E-state index contributed by atoms with van der Waals surface area (Å²) in [6, 6.07) is 67.6. The first-order valence-electron chi connectivity index (χ1n) is 19.8. The van der Waals surface area contributed by atoms with Gasteiger partial charge in [0.25, 0.3) is 0 Å². The van der Waals surface area contributed by atoms with Gasteiger partial charge in [-0.15, -0.1) is 0 Å². The Morgan fingerprint density at radius 2 is 0.875 bits per heavy atom. The van der Waals surface area contributed by atoms with E-state index in [2.05, 4.69) is 219 Å². The molecule has 0 N–H and O–H groups in total. The lowest BCUT2D eigenvalue weighted by Crippen LogP contribution is -2.30. The van der Waals surface area contributed by atoms with Gasteiger partial charge in [-0.2, -0.15) is 0 Å². The van der Waals surface area contributed by atoms with Gasteiger partial charge >= 0.3 is 0 Å². The van der Waals surface area contributed by atoms with E-state index in [9.17, 15) is 0 Å². The van der Waals surface area contributed by atoms with Crippen molar-refractivity contribution in [3.63, 3.8) is 0 Å². The predicted molar refractivity (Wildman–Crippen MR) is 236 cm³/mol. The molecule has 2 heterocycles. The molecule has 0 fully saturated rings. The van der Waals surface area contributed by atoms with Gasteiger partial charge in [-0.1, -0.05) is 143 Å². The highest BCUT2D eigenvalue weighted by Gasteiger charge is 2.39. The second kappa shape index (κ2) is 11.9. The summed E-state index contributed by atoms with van der Waals surface area (Å²) < 4.78 is 2.41. The molecule has 0 radical (unpaired) electrons. The topological polar surface area (TPSA) is 8.17 Å². The van der Waals surface area contributed by atoms with Crippen LogP contribution in [-0.4, -0.2) is 4.57 Å². The minimum absolute atomic E-state index is 0.0761. The molecule has 0 spiro atoms. The van der Waals surface area contributed by atoms with Gasteiger partial charge in [0, 0.05) is 33.0 Å². The number of nitrogens with zero attached hydrogens (tertiary/aromatic N) is 2. The van der Waals surface area contributed by atoms with Gasteiger partial charge in [0.15, 0.2) is 0 Å². The molecule has 1 aliphatic heterocycles. The van der Waals surface area contributed by atoms with Crippen LogP contribution in [0.4, 0.5) is 17.1 Å². The maximum Gasteiger partial charge on any atom is 0.0541 e. The molecule has 0 saturated carbocycles. The number of anilines is 3. The molecule has 0 atom stereocenters. The molecule has 0 amide bonds. The van der Waals surface area contributed by atoms with Crippen molar-refractivity contribution in [2.45, 2.75) is 38.5 Å². The number of benzene rings is 8. The molecular formula is C54H42N2. The lowest BCUT2D eigenvalue weighted by atomic mass is 9.72. The SMILES string of the molecule is CC1(C)c2ccccc2-c2ccc(N3c4ccccc4C(C)(C)c4cc(-c5ccc6c(c5)c5cc(-c7ccccc7)ccc5n6-c5ccccc5)ccc43)cc21. The Balaban J connectivity index is 1.08. The highest BCUT2D eigenvalue weighted by molar-refractivity contribution is 6.11. The van der Waals surface area contributed by atoms with Crippen molar-refractivity contribution in [1.82, 2.24) is 4.57 Å². The van der Waals surface area contributed by atoms with Gasteiger partial charge in [-0.3, -0.25) is 0 Å². The average Bonchev–Trinajstić information content (AvgIpc) is 3.69. The second-order valence-corrected chi connectivity index (χ2v) is 16.6. The third kappa shape index (κ3) is 4.69. The van der Waals surface area contributed by atoms with Crippen LogP contribution in [0.5, 0.6) is 0 Å². The van der Waals surface area contributed by atoms with E-state index in [1.54, 1.807) is 0 Å². The first-order chi connectivity index (χ1) is 27.3. The highest BCUT2D eigenvalue weighted by Crippen LogP contribution is 2.55. The largest absolute Gasteiger partial charge is 0.310 e. The normalized spacial score (nSPS) is 14.7. The highest BCUT2D eigenvalue weighted by atomic mass is 15.2. The van der Waals surface area contributed by atoms with Crippen LogP contribution in [0.15, 0.2) is 182 Å². The lowest BCUT2D eigenvalue weighted by Gasteiger charge is -2.42. The molecule has 0 bridgehead atoms. The van der Waals surface area contributed by atoms with Gasteiger partial charge in [0.2, 0.25) is 0 Å². The van der Waals surface area contributed by atoms with Crippen LogP contribution < -0.4 is 4.90 Å². The molecule has 2 aliphatic rings. The van der Waals surface area contributed by atoms with Gasteiger partial charge < -0.3 is 9.47 Å². The van der Waals surface area contributed by atoms with E-state index < -0.39 is 0 Å². The monoisotopic (exact) mass is 718 g/mol.